The number of rotatable bonds is 2. The Morgan fingerprint density at radius 3 is 2.20 bits per heavy atom. The van der Waals surface area contributed by atoms with Crippen LogP contribution in [0.2, 0.25) is 0 Å². The van der Waals surface area contributed by atoms with Gasteiger partial charge in [-0.1, -0.05) is 84.9 Å². The zero-order valence-corrected chi connectivity index (χ0v) is 21.4. The molecule has 0 radical (unpaired) electrons. The average molecular weight is 512 g/mol. The van der Waals surface area contributed by atoms with Crippen molar-refractivity contribution in [1.29, 1.82) is 0 Å². The summed E-state index contributed by atoms with van der Waals surface area (Å²) in [6, 6.07) is 42.2. The zero-order valence-electron chi connectivity index (χ0n) is 21.4. The quantitative estimate of drug-likeness (QED) is 0.217. The molecule has 0 aliphatic carbocycles. The second-order valence-corrected chi connectivity index (χ2v) is 10.3. The lowest BCUT2D eigenvalue weighted by Gasteiger charge is -2.12. The minimum Gasteiger partial charge on any atom is -0.455 e. The van der Waals surface area contributed by atoms with Gasteiger partial charge in [-0.3, -0.25) is 0 Å². The highest BCUT2D eigenvalue weighted by molar-refractivity contribution is 6.23. The van der Waals surface area contributed by atoms with Crippen LogP contribution in [0.3, 0.4) is 0 Å². The summed E-state index contributed by atoms with van der Waals surface area (Å²) in [5, 5.41) is 11.5. The van der Waals surface area contributed by atoms with Crippen LogP contribution in [0, 0.1) is 0 Å². The Morgan fingerprint density at radius 1 is 0.525 bits per heavy atom. The standard InChI is InChI=1S/C36H21N3O/c1-4-13-30-25(10-1)27-17-18-28-26-11-3-6-15-33(26)40-36(28)34(27)35(37-30)23-9-7-8-22(20-23)24-16-19-32-29-12-2-5-14-31(29)38-39(32)21-24/h1-21H. The first-order valence-electron chi connectivity index (χ1n) is 13.4. The van der Waals surface area contributed by atoms with Gasteiger partial charge in [0.2, 0.25) is 0 Å². The van der Waals surface area contributed by atoms with Gasteiger partial charge in [-0.2, -0.15) is 5.10 Å². The fourth-order valence-corrected chi connectivity index (χ4v) is 6.13. The molecule has 9 rings (SSSR count). The van der Waals surface area contributed by atoms with E-state index in [1.807, 2.05) is 28.8 Å². The van der Waals surface area contributed by atoms with Gasteiger partial charge in [-0.25, -0.2) is 9.50 Å². The summed E-state index contributed by atoms with van der Waals surface area (Å²) >= 11 is 0. The number of hydrogen-bond acceptors (Lipinski definition) is 3. The van der Waals surface area contributed by atoms with Gasteiger partial charge >= 0.3 is 0 Å². The van der Waals surface area contributed by atoms with E-state index >= 15 is 0 Å². The van der Waals surface area contributed by atoms with Crippen LogP contribution in [0.15, 0.2) is 132 Å². The number of fused-ring (bicyclic) bond motifs is 10. The van der Waals surface area contributed by atoms with E-state index in [9.17, 15) is 0 Å². The number of aromatic nitrogens is 3. The van der Waals surface area contributed by atoms with E-state index in [0.29, 0.717) is 0 Å². The van der Waals surface area contributed by atoms with E-state index in [1.165, 1.54) is 0 Å². The van der Waals surface area contributed by atoms with Crippen LogP contribution in [0.4, 0.5) is 0 Å². The first-order chi connectivity index (χ1) is 19.8. The fraction of sp³-hybridized carbons (Fsp3) is 0. The van der Waals surface area contributed by atoms with E-state index in [2.05, 4.69) is 103 Å². The van der Waals surface area contributed by atoms with Crippen molar-refractivity contribution in [1.82, 2.24) is 14.6 Å². The number of hydrogen-bond donors (Lipinski definition) is 0. The predicted octanol–water partition coefficient (Wildman–Crippen LogP) is 9.42. The van der Waals surface area contributed by atoms with E-state index in [1.54, 1.807) is 0 Å². The molecule has 0 aliphatic heterocycles. The van der Waals surface area contributed by atoms with Crippen molar-refractivity contribution in [3.05, 3.63) is 128 Å². The summed E-state index contributed by atoms with van der Waals surface area (Å²) in [5.74, 6) is 0. The molecule has 4 nitrogen and oxygen atoms in total. The van der Waals surface area contributed by atoms with Gasteiger partial charge < -0.3 is 4.42 Å². The van der Waals surface area contributed by atoms with Crippen molar-refractivity contribution in [2.45, 2.75) is 0 Å². The topological polar surface area (TPSA) is 43.3 Å². The van der Waals surface area contributed by atoms with Crippen LogP contribution < -0.4 is 0 Å². The Bertz CT molecular complexity index is 2450. The largest absolute Gasteiger partial charge is 0.455 e. The average Bonchev–Trinajstić information content (AvgIpc) is 3.58. The molecule has 4 heteroatoms. The summed E-state index contributed by atoms with van der Waals surface area (Å²) in [6.07, 6.45) is 2.11. The third kappa shape index (κ3) is 3.01. The summed E-state index contributed by atoms with van der Waals surface area (Å²) in [5.41, 5.74) is 9.01. The molecule has 0 saturated carbocycles. The Balaban J connectivity index is 1.31. The maximum atomic E-state index is 6.52. The number of nitrogens with zero attached hydrogens (tertiary/aromatic N) is 3. The second-order valence-electron chi connectivity index (χ2n) is 10.3. The van der Waals surface area contributed by atoms with Crippen LogP contribution >= 0.6 is 0 Å². The molecule has 5 aromatic carbocycles. The Labute approximate surface area is 228 Å². The molecule has 0 aliphatic rings. The number of para-hydroxylation sites is 2. The molecule has 40 heavy (non-hydrogen) atoms. The minimum atomic E-state index is 0.877. The SMILES string of the molecule is c1cc(-c2ccc3c4ccccc4nn3c2)cc(-c2nc3ccccc3c3ccc4c5ccccc5oc4c23)c1. The predicted molar refractivity (Wildman–Crippen MR) is 164 cm³/mol. The van der Waals surface area contributed by atoms with Crippen molar-refractivity contribution in [2.75, 3.05) is 0 Å². The monoisotopic (exact) mass is 511 g/mol. The highest BCUT2D eigenvalue weighted by Crippen LogP contribution is 2.41. The fourth-order valence-electron chi connectivity index (χ4n) is 6.13. The molecule has 186 valence electrons. The minimum absolute atomic E-state index is 0.877. The van der Waals surface area contributed by atoms with Crippen LogP contribution in [0.5, 0.6) is 0 Å². The molecule has 0 amide bonds. The molecule has 0 bridgehead atoms. The normalized spacial score (nSPS) is 12.0. The third-order valence-corrected chi connectivity index (χ3v) is 8.00. The van der Waals surface area contributed by atoms with Gasteiger partial charge in [0.1, 0.15) is 11.2 Å². The first kappa shape index (κ1) is 21.5. The van der Waals surface area contributed by atoms with Gasteiger partial charge in [-0.05, 0) is 47.3 Å². The summed E-state index contributed by atoms with van der Waals surface area (Å²) in [7, 11) is 0. The summed E-state index contributed by atoms with van der Waals surface area (Å²) < 4.78 is 8.50. The summed E-state index contributed by atoms with van der Waals surface area (Å²) in [6.45, 7) is 0. The van der Waals surface area contributed by atoms with Crippen LogP contribution in [-0.2, 0) is 0 Å². The van der Waals surface area contributed by atoms with Gasteiger partial charge in [0.15, 0.2) is 0 Å². The molecule has 0 fully saturated rings. The van der Waals surface area contributed by atoms with Crippen molar-refractivity contribution in [2.24, 2.45) is 0 Å². The molecular weight excluding hydrogens is 490 g/mol. The van der Waals surface area contributed by atoms with Gasteiger partial charge in [0, 0.05) is 38.9 Å². The molecule has 4 heterocycles. The van der Waals surface area contributed by atoms with Crippen molar-refractivity contribution >= 4 is 60.0 Å². The van der Waals surface area contributed by atoms with Gasteiger partial charge in [0.05, 0.1) is 27.6 Å². The van der Waals surface area contributed by atoms with Gasteiger partial charge in [-0.15, -0.1) is 0 Å². The second kappa shape index (κ2) is 8.01. The summed E-state index contributed by atoms with van der Waals surface area (Å²) in [4.78, 5) is 5.23. The van der Waals surface area contributed by atoms with Crippen molar-refractivity contribution in [3.8, 4) is 22.4 Å². The van der Waals surface area contributed by atoms with E-state index in [0.717, 1.165) is 82.4 Å². The lowest BCUT2D eigenvalue weighted by atomic mass is 9.96. The maximum Gasteiger partial charge on any atom is 0.145 e. The Hall–Kier alpha value is -5.48. The van der Waals surface area contributed by atoms with E-state index in [-0.39, 0.29) is 0 Å². The lowest BCUT2D eigenvalue weighted by Crippen LogP contribution is -1.92. The Morgan fingerprint density at radius 2 is 1.27 bits per heavy atom. The molecule has 0 N–H and O–H groups in total. The van der Waals surface area contributed by atoms with Crippen LogP contribution in [0.1, 0.15) is 0 Å². The van der Waals surface area contributed by atoms with Gasteiger partial charge in [0.25, 0.3) is 0 Å². The number of benzene rings is 5. The van der Waals surface area contributed by atoms with Crippen molar-refractivity contribution < 1.29 is 4.42 Å². The molecule has 9 aromatic rings. The third-order valence-electron chi connectivity index (χ3n) is 8.00. The zero-order chi connectivity index (χ0) is 26.2. The highest BCUT2D eigenvalue weighted by atomic mass is 16.3. The van der Waals surface area contributed by atoms with E-state index in [4.69, 9.17) is 14.5 Å². The van der Waals surface area contributed by atoms with E-state index < -0.39 is 0 Å². The number of furan rings is 1. The molecular formula is C36H21N3O. The number of pyridine rings is 2. The molecule has 0 atom stereocenters. The smallest absolute Gasteiger partial charge is 0.145 e. The van der Waals surface area contributed by atoms with Crippen molar-refractivity contribution in [3.63, 3.8) is 0 Å². The van der Waals surface area contributed by atoms with Crippen LogP contribution in [-0.4, -0.2) is 14.6 Å². The Kier molecular flexibility index (Phi) is 4.30. The van der Waals surface area contributed by atoms with Crippen LogP contribution in [0.25, 0.3) is 82.4 Å². The molecule has 0 unspecified atom stereocenters. The lowest BCUT2D eigenvalue weighted by molar-refractivity contribution is 0.672. The highest BCUT2D eigenvalue weighted by Gasteiger charge is 2.18. The molecule has 0 saturated heterocycles. The first-order valence-corrected chi connectivity index (χ1v) is 13.4. The molecule has 4 aromatic heterocycles. The molecule has 0 spiro atoms. The maximum absolute atomic E-state index is 6.52.